The van der Waals surface area contributed by atoms with Crippen LogP contribution in [0, 0.1) is 11.6 Å². The van der Waals surface area contributed by atoms with Crippen molar-refractivity contribution in [3.63, 3.8) is 0 Å². The van der Waals surface area contributed by atoms with Crippen molar-refractivity contribution in [3.8, 4) is 11.4 Å². The molecule has 1 saturated heterocycles. The molecular weight excluding hydrogens is 380 g/mol. The Morgan fingerprint density at radius 3 is 2.48 bits per heavy atom. The highest BCUT2D eigenvalue weighted by Gasteiger charge is 2.32. The van der Waals surface area contributed by atoms with Crippen LogP contribution in [0.4, 0.5) is 8.78 Å². The minimum absolute atomic E-state index is 0.0144. The third-order valence-corrected chi connectivity index (χ3v) is 4.81. The molecule has 150 valence electrons. The van der Waals surface area contributed by atoms with E-state index >= 15 is 0 Å². The molecule has 6 nitrogen and oxygen atoms in total. The number of rotatable bonds is 4. The number of benzene rings is 2. The highest BCUT2D eigenvalue weighted by Crippen LogP contribution is 2.23. The van der Waals surface area contributed by atoms with E-state index in [1.54, 1.807) is 40.0 Å². The predicted molar refractivity (Wildman–Crippen MR) is 101 cm³/mol. The van der Waals surface area contributed by atoms with Gasteiger partial charge in [0.15, 0.2) is 0 Å². The normalized spacial score (nSPS) is 19.2. The number of halogens is 2. The standard InChI is InChI=1S/C21H19F2N3O3/c22-15-10-16(23)12-18(11-15)29-20-6-9-25(13-19(20)27)21(28)14-2-4-17(5-3-14)26-8-1-7-24-26/h1-5,7-8,10-12,19-20,27H,6,9,13H2/t19-,20-/m1/s1. The Hall–Kier alpha value is -3.26. The fourth-order valence-electron chi connectivity index (χ4n) is 3.36. The summed E-state index contributed by atoms with van der Waals surface area (Å²) in [4.78, 5) is 14.3. The van der Waals surface area contributed by atoms with Crippen LogP contribution in [0.5, 0.6) is 5.75 Å². The van der Waals surface area contributed by atoms with Crippen LogP contribution in [-0.2, 0) is 0 Å². The lowest BCUT2D eigenvalue weighted by atomic mass is 10.0. The number of aliphatic hydroxyl groups is 1. The second-order valence-electron chi connectivity index (χ2n) is 6.87. The van der Waals surface area contributed by atoms with Gasteiger partial charge in [0, 0.05) is 49.1 Å². The van der Waals surface area contributed by atoms with Crippen molar-refractivity contribution in [1.29, 1.82) is 0 Å². The molecule has 1 amide bonds. The molecule has 1 aromatic heterocycles. The van der Waals surface area contributed by atoms with Crippen LogP contribution in [0.3, 0.4) is 0 Å². The van der Waals surface area contributed by atoms with Crippen LogP contribution in [0.2, 0.25) is 0 Å². The molecular formula is C21H19F2N3O3. The lowest BCUT2D eigenvalue weighted by molar-refractivity contribution is -0.0200. The van der Waals surface area contributed by atoms with E-state index in [1.807, 2.05) is 12.3 Å². The fourth-order valence-corrected chi connectivity index (χ4v) is 3.36. The first-order chi connectivity index (χ1) is 14.0. The molecule has 2 heterocycles. The second-order valence-corrected chi connectivity index (χ2v) is 6.87. The summed E-state index contributed by atoms with van der Waals surface area (Å²) < 4.78 is 33.9. The minimum atomic E-state index is -0.970. The highest BCUT2D eigenvalue weighted by molar-refractivity contribution is 5.94. The zero-order valence-corrected chi connectivity index (χ0v) is 15.4. The first kappa shape index (κ1) is 19.1. The summed E-state index contributed by atoms with van der Waals surface area (Å²) in [6.45, 7) is 0.432. The number of carbonyl (C=O) groups is 1. The van der Waals surface area contributed by atoms with Gasteiger partial charge in [-0.1, -0.05) is 0 Å². The van der Waals surface area contributed by atoms with Gasteiger partial charge >= 0.3 is 0 Å². The Morgan fingerprint density at radius 2 is 1.86 bits per heavy atom. The van der Waals surface area contributed by atoms with E-state index in [4.69, 9.17) is 4.74 Å². The average Bonchev–Trinajstić information content (AvgIpc) is 3.23. The van der Waals surface area contributed by atoms with Gasteiger partial charge in [-0.2, -0.15) is 5.10 Å². The summed E-state index contributed by atoms with van der Waals surface area (Å²) >= 11 is 0. The Morgan fingerprint density at radius 1 is 1.14 bits per heavy atom. The van der Waals surface area contributed by atoms with Gasteiger partial charge in [-0.05, 0) is 30.3 Å². The van der Waals surface area contributed by atoms with Gasteiger partial charge in [-0.25, -0.2) is 13.5 Å². The predicted octanol–water partition coefficient (Wildman–Crippen LogP) is 2.80. The van der Waals surface area contributed by atoms with Crippen LogP contribution in [0.15, 0.2) is 60.9 Å². The van der Waals surface area contributed by atoms with E-state index in [0.717, 1.165) is 23.9 Å². The average molecular weight is 399 g/mol. The summed E-state index contributed by atoms with van der Waals surface area (Å²) in [6.07, 6.45) is 2.20. The van der Waals surface area contributed by atoms with E-state index in [1.165, 1.54) is 0 Å². The number of hydrogen-bond donors (Lipinski definition) is 1. The van der Waals surface area contributed by atoms with Gasteiger partial charge in [0.05, 0.1) is 12.2 Å². The van der Waals surface area contributed by atoms with Crippen molar-refractivity contribution in [1.82, 2.24) is 14.7 Å². The van der Waals surface area contributed by atoms with Gasteiger partial charge in [-0.3, -0.25) is 4.79 Å². The molecule has 2 atom stereocenters. The zero-order valence-electron chi connectivity index (χ0n) is 15.4. The Bertz CT molecular complexity index is 973. The summed E-state index contributed by atoms with van der Waals surface area (Å²) in [7, 11) is 0. The van der Waals surface area contributed by atoms with Gasteiger partial charge in [0.25, 0.3) is 5.91 Å². The zero-order chi connectivity index (χ0) is 20.4. The van der Waals surface area contributed by atoms with E-state index in [9.17, 15) is 18.7 Å². The van der Waals surface area contributed by atoms with E-state index < -0.39 is 23.8 Å². The third kappa shape index (κ3) is 4.27. The molecule has 29 heavy (non-hydrogen) atoms. The number of carbonyl (C=O) groups excluding carboxylic acids is 1. The lowest BCUT2D eigenvalue weighted by Gasteiger charge is -2.36. The number of piperidine rings is 1. The molecule has 1 fully saturated rings. The highest BCUT2D eigenvalue weighted by atomic mass is 19.1. The molecule has 3 aromatic rings. The van der Waals surface area contributed by atoms with E-state index in [-0.39, 0.29) is 18.2 Å². The molecule has 0 radical (unpaired) electrons. The Balaban J connectivity index is 1.39. The molecule has 8 heteroatoms. The molecule has 1 aliphatic heterocycles. The first-order valence-electron chi connectivity index (χ1n) is 9.20. The number of amides is 1. The molecule has 1 aliphatic rings. The van der Waals surface area contributed by atoms with Gasteiger partial charge < -0.3 is 14.7 Å². The molecule has 0 aliphatic carbocycles. The van der Waals surface area contributed by atoms with Gasteiger partial charge in [0.1, 0.15) is 29.6 Å². The van der Waals surface area contributed by atoms with Crippen molar-refractivity contribution in [2.24, 2.45) is 0 Å². The first-order valence-corrected chi connectivity index (χ1v) is 9.20. The van der Waals surface area contributed by atoms with Crippen LogP contribution in [0.1, 0.15) is 16.8 Å². The Kier molecular flexibility index (Phi) is 5.26. The molecule has 1 N–H and O–H groups in total. The molecule has 0 unspecified atom stereocenters. The van der Waals surface area contributed by atoms with Crippen molar-refractivity contribution in [2.45, 2.75) is 18.6 Å². The number of nitrogens with zero attached hydrogens (tertiary/aromatic N) is 3. The maximum absolute atomic E-state index is 13.3. The van der Waals surface area contributed by atoms with Gasteiger partial charge in [-0.15, -0.1) is 0 Å². The monoisotopic (exact) mass is 399 g/mol. The number of aliphatic hydroxyl groups excluding tert-OH is 1. The second kappa shape index (κ2) is 8.00. The van der Waals surface area contributed by atoms with Crippen molar-refractivity contribution < 1.29 is 23.4 Å². The fraction of sp³-hybridized carbons (Fsp3) is 0.238. The van der Waals surface area contributed by atoms with Crippen LogP contribution >= 0.6 is 0 Å². The molecule has 2 aromatic carbocycles. The maximum Gasteiger partial charge on any atom is 0.253 e. The molecule has 4 rings (SSSR count). The van der Waals surface area contributed by atoms with Crippen molar-refractivity contribution in [2.75, 3.05) is 13.1 Å². The number of likely N-dealkylation sites (tertiary alicyclic amines) is 1. The number of hydrogen-bond acceptors (Lipinski definition) is 4. The van der Waals surface area contributed by atoms with E-state index in [0.29, 0.717) is 18.5 Å². The minimum Gasteiger partial charge on any atom is -0.487 e. The topological polar surface area (TPSA) is 67.6 Å². The summed E-state index contributed by atoms with van der Waals surface area (Å²) in [5, 5.41) is 14.5. The van der Waals surface area contributed by atoms with Crippen LogP contribution in [-0.4, -0.2) is 51.0 Å². The quantitative estimate of drug-likeness (QED) is 0.733. The molecule has 0 bridgehead atoms. The molecule has 0 spiro atoms. The third-order valence-electron chi connectivity index (χ3n) is 4.81. The number of aromatic nitrogens is 2. The van der Waals surface area contributed by atoms with Crippen molar-refractivity contribution >= 4 is 5.91 Å². The SMILES string of the molecule is O=C(c1ccc(-n2cccn2)cc1)N1CC[C@@H](Oc2cc(F)cc(F)c2)[C@H](O)C1. The van der Waals surface area contributed by atoms with Gasteiger partial charge in [0.2, 0.25) is 0 Å². The lowest BCUT2D eigenvalue weighted by Crippen LogP contribution is -2.51. The molecule has 0 saturated carbocycles. The summed E-state index contributed by atoms with van der Waals surface area (Å²) in [5.74, 6) is -1.69. The number of β-amino-alcohol motifs (C(OH)–C–C–N with tert-alkyl or cyclic N) is 1. The number of ether oxygens (including phenoxy) is 1. The van der Waals surface area contributed by atoms with Crippen molar-refractivity contribution in [3.05, 3.63) is 78.1 Å². The van der Waals surface area contributed by atoms with Crippen LogP contribution < -0.4 is 4.74 Å². The maximum atomic E-state index is 13.3. The largest absolute Gasteiger partial charge is 0.487 e. The summed E-state index contributed by atoms with van der Waals surface area (Å²) in [6, 6.07) is 11.7. The smallest absolute Gasteiger partial charge is 0.253 e. The van der Waals surface area contributed by atoms with Crippen LogP contribution in [0.25, 0.3) is 5.69 Å². The van der Waals surface area contributed by atoms with E-state index in [2.05, 4.69) is 5.10 Å². The Labute approximate surface area is 165 Å². The summed E-state index contributed by atoms with van der Waals surface area (Å²) in [5.41, 5.74) is 1.33.